The largest absolute Gasteiger partial charge is 0.356 e. The van der Waals surface area contributed by atoms with Gasteiger partial charge in [-0.25, -0.2) is 0 Å². The van der Waals surface area contributed by atoms with Crippen LogP contribution in [0.25, 0.3) is 0 Å². The van der Waals surface area contributed by atoms with E-state index in [-0.39, 0.29) is 11.8 Å². The number of unbranched alkanes of at least 4 members (excludes halogenated alkanes) is 21. The minimum atomic E-state index is 0.232. The molecule has 0 aromatic rings. The van der Waals surface area contributed by atoms with E-state index in [0.717, 1.165) is 38.8 Å². The predicted molar refractivity (Wildman–Crippen MR) is 157 cm³/mol. The van der Waals surface area contributed by atoms with Crippen molar-refractivity contribution in [1.29, 1.82) is 0 Å². The van der Waals surface area contributed by atoms with Crippen LogP contribution in [-0.2, 0) is 9.59 Å². The number of carbonyl (C=O) groups excluding carboxylic acids is 2. The summed E-state index contributed by atoms with van der Waals surface area (Å²) in [7, 11) is 0. The van der Waals surface area contributed by atoms with Gasteiger partial charge in [-0.3, -0.25) is 9.59 Å². The molecular formula is C32H64N2O2. The van der Waals surface area contributed by atoms with Gasteiger partial charge in [0.25, 0.3) is 0 Å². The van der Waals surface area contributed by atoms with Crippen LogP contribution in [-0.4, -0.2) is 24.9 Å². The Morgan fingerprint density at radius 1 is 0.361 bits per heavy atom. The highest BCUT2D eigenvalue weighted by molar-refractivity contribution is 5.76. The molecule has 0 aliphatic carbocycles. The van der Waals surface area contributed by atoms with E-state index < -0.39 is 0 Å². The monoisotopic (exact) mass is 508 g/mol. The molecule has 0 bridgehead atoms. The number of hydrogen-bond acceptors (Lipinski definition) is 2. The summed E-state index contributed by atoms with van der Waals surface area (Å²) in [6, 6.07) is 0. The second-order valence-corrected chi connectivity index (χ2v) is 11.0. The Kier molecular flexibility index (Phi) is 29.3. The molecule has 0 saturated heterocycles. The number of hydrogen-bond donors (Lipinski definition) is 2. The molecule has 4 nitrogen and oxygen atoms in total. The third-order valence-electron chi connectivity index (χ3n) is 7.26. The van der Waals surface area contributed by atoms with Crippen LogP contribution < -0.4 is 10.6 Å². The maximum absolute atomic E-state index is 11.9. The van der Waals surface area contributed by atoms with E-state index in [1.54, 1.807) is 0 Å². The number of nitrogens with one attached hydrogen (secondary N) is 2. The highest BCUT2D eigenvalue weighted by Crippen LogP contribution is 2.12. The lowest BCUT2D eigenvalue weighted by Crippen LogP contribution is -2.24. The van der Waals surface area contributed by atoms with Gasteiger partial charge in [-0.2, -0.15) is 0 Å². The van der Waals surface area contributed by atoms with Crippen molar-refractivity contribution in [2.24, 2.45) is 0 Å². The van der Waals surface area contributed by atoms with Gasteiger partial charge in [0.15, 0.2) is 0 Å². The highest BCUT2D eigenvalue weighted by atomic mass is 16.2. The molecule has 0 radical (unpaired) electrons. The van der Waals surface area contributed by atoms with Crippen molar-refractivity contribution in [3.05, 3.63) is 0 Å². The normalized spacial score (nSPS) is 11.1. The van der Waals surface area contributed by atoms with Crippen LogP contribution >= 0.6 is 0 Å². The zero-order valence-electron chi connectivity index (χ0n) is 24.6. The second-order valence-electron chi connectivity index (χ2n) is 11.0. The fourth-order valence-corrected chi connectivity index (χ4v) is 4.78. The Morgan fingerprint density at radius 3 is 0.917 bits per heavy atom. The van der Waals surface area contributed by atoms with E-state index in [2.05, 4.69) is 24.5 Å². The Hall–Kier alpha value is -1.06. The van der Waals surface area contributed by atoms with Gasteiger partial charge in [0, 0.05) is 25.9 Å². The standard InChI is InChI=1S/C32H64N2O2/c1-3-5-7-9-11-13-15-19-23-27-31(35)33-29-25-21-17-18-22-26-30-34-32(36)28-24-20-16-14-12-10-8-6-4-2/h3-30H2,1-2H3,(H,33,35)(H,34,36). The molecule has 0 aliphatic heterocycles. The van der Waals surface area contributed by atoms with Crippen LogP contribution in [0, 0.1) is 0 Å². The van der Waals surface area contributed by atoms with Gasteiger partial charge in [0.05, 0.1) is 0 Å². The maximum atomic E-state index is 11.9. The molecule has 0 aromatic heterocycles. The number of rotatable bonds is 29. The van der Waals surface area contributed by atoms with E-state index in [0.29, 0.717) is 12.8 Å². The first-order valence-corrected chi connectivity index (χ1v) is 16.2. The van der Waals surface area contributed by atoms with Gasteiger partial charge in [-0.1, -0.05) is 142 Å². The molecule has 2 amide bonds. The molecule has 36 heavy (non-hydrogen) atoms. The zero-order chi connectivity index (χ0) is 26.4. The van der Waals surface area contributed by atoms with Crippen LogP contribution in [0.5, 0.6) is 0 Å². The van der Waals surface area contributed by atoms with Gasteiger partial charge in [0.2, 0.25) is 11.8 Å². The van der Waals surface area contributed by atoms with E-state index in [1.165, 1.54) is 128 Å². The smallest absolute Gasteiger partial charge is 0.219 e. The van der Waals surface area contributed by atoms with E-state index in [1.807, 2.05) is 0 Å². The first-order valence-electron chi connectivity index (χ1n) is 16.2. The topological polar surface area (TPSA) is 58.2 Å². The van der Waals surface area contributed by atoms with Crippen molar-refractivity contribution >= 4 is 11.8 Å². The highest BCUT2D eigenvalue weighted by Gasteiger charge is 2.02. The second kappa shape index (κ2) is 30.2. The average Bonchev–Trinajstić information content (AvgIpc) is 2.87. The van der Waals surface area contributed by atoms with Crippen molar-refractivity contribution in [3.63, 3.8) is 0 Å². The third-order valence-corrected chi connectivity index (χ3v) is 7.26. The first-order chi connectivity index (χ1) is 17.7. The van der Waals surface area contributed by atoms with Crippen LogP contribution in [0.4, 0.5) is 0 Å². The lowest BCUT2D eigenvalue weighted by Gasteiger charge is -2.07. The van der Waals surface area contributed by atoms with Gasteiger partial charge in [-0.15, -0.1) is 0 Å². The molecular weight excluding hydrogens is 444 g/mol. The summed E-state index contributed by atoms with van der Waals surface area (Å²) in [5, 5.41) is 6.17. The van der Waals surface area contributed by atoms with Crippen molar-refractivity contribution < 1.29 is 9.59 Å². The van der Waals surface area contributed by atoms with Crippen molar-refractivity contribution in [3.8, 4) is 0 Å². The van der Waals surface area contributed by atoms with Crippen LogP contribution in [0.3, 0.4) is 0 Å². The summed E-state index contributed by atoms with van der Waals surface area (Å²) < 4.78 is 0. The number of carbonyl (C=O) groups is 2. The van der Waals surface area contributed by atoms with Crippen LogP contribution in [0.2, 0.25) is 0 Å². The SMILES string of the molecule is CCCCCCCCCCCC(=O)NCCCCCCCCNC(=O)CCCCCCCCCCC. The molecule has 2 N–H and O–H groups in total. The molecule has 0 aromatic carbocycles. The Morgan fingerprint density at radius 2 is 0.611 bits per heavy atom. The first kappa shape index (κ1) is 34.9. The quantitative estimate of drug-likeness (QED) is 0.0988. The molecule has 0 saturated carbocycles. The van der Waals surface area contributed by atoms with Gasteiger partial charge >= 0.3 is 0 Å². The molecule has 214 valence electrons. The molecule has 0 fully saturated rings. The van der Waals surface area contributed by atoms with Gasteiger partial charge in [-0.05, 0) is 25.7 Å². The fraction of sp³-hybridized carbons (Fsp3) is 0.938. The van der Waals surface area contributed by atoms with E-state index >= 15 is 0 Å². The molecule has 0 rings (SSSR count). The third kappa shape index (κ3) is 29.2. The molecule has 0 unspecified atom stereocenters. The summed E-state index contributed by atoms with van der Waals surface area (Å²) in [6.45, 7) is 6.17. The summed E-state index contributed by atoms with van der Waals surface area (Å²) in [6.07, 6.45) is 31.7. The lowest BCUT2D eigenvalue weighted by molar-refractivity contribution is -0.122. The Bertz CT molecular complexity index is 425. The average molecular weight is 509 g/mol. The molecule has 0 spiro atoms. The fourth-order valence-electron chi connectivity index (χ4n) is 4.78. The van der Waals surface area contributed by atoms with Crippen molar-refractivity contribution in [2.45, 2.75) is 181 Å². The zero-order valence-corrected chi connectivity index (χ0v) is 24.6. The predicted octanol–water partition coefficient (Wildman–Crippen LogP) is 9.40. The minimum absolute atomic E-state index is 0.232. The summed E-state index contributed by atoms with van der Waals surface area (Å²) >= 11 is 0. The Labute approximate surface area is 225 Å². The molecule has 0 heterocycles. The maximum Gasteiger partial charge on any atom is 0.219 e. The molecule has 4 heteroatoms. The molecule has 0 atom stereocenters. The van der Waals surface area contributed by atoms with E-state index in [4.69, 9.17) is 0 Å². The van der Waals surface area contributed by atoms with Gasteiger partial charge < -0.3 is 10.6 Å². The lowest BCUT2D eigenvalue weighted by atomic mass is 10.1. The summed E-state index contributed by atoms with van der Waals surface area (Å²) in [5.41, 5.74) is 0. The van der Waals surface area contributed by atoms with Crippen LogP contribution in [0.1, 0.15) is 181 Å². The van der Waals surface area contributed by atoms with Crippen molar-refractivity contribution in [1.82, 2.24) is 10.6 Å². The summed E-state index contributed by atoms with van der Waals surface area (Å²) in [5.74, 6) is 0.465. The van der Waals surface area contributed by atoms with Crippen LogP contribution in [0.15, 0.2) is 0 Å². The minimum Gasteiger partial charge on any atom is -0.356 e. The van der Waals surface area contributed by atoms with E-state index in [9.17, 15) is 9.59 Å². The summed E-state index contributed by atoms with van der Waals surface area (Å²) in [4.78, 5) is 23.8. The number of amides is 2. The Balaban J connectivity index is 3.24. The molecule has 0 aliphatic rings. The van der Waals surface area contributed by atoms with Gasteiger partial charge in [0.1, 0.15) is 0 Å². The van der Waals surface area contributed by atoms with Crippen molar-refractivity contribution in [2.75, 3.05) is 13.1 Å².